The molecule has 2 rings (SSSR count). The summed E-state index contributed by atoms with van der Waals surface area (Å²) in [7, 11) is 0. The van der Waals surface area contributed by atoms with Gasteiger partial charge in [-0.2, -0.15) is 5.10 Å². The summed E-state index contributed by atoms with van der Waals surface area (Å²) in [4.78, 5) is 23.9. The summed E-state index contributed by atoms with van der Waals surface area (Å²) in [5.41, 5.74) is 2.04. The molecule has 23 heavy (non-hydrogen) atoms. The van der Waals surface area contributed by atoms with E-state index in [1.165, 1.54) is 22.4 Å². The summed E-state index contributed by atoms with van der Waals surface area (Å²) in [6.45, 7) is 4.63. The zero-order valence-electron chi connectivity index (χ0n) is 13.7. The first-order valence-corrected chi connectivity index (χ1v) is 8.12. The largest absolute Gasteiger partial charge is 0.321 e. The van der Waals surface area contributed by atoms with Crippen LogP contribution in [0.5, 0.6) is 0 Å². The molecule has 5 heteroatoms. The average Bonchev–Trinajstić information content (AvgIpc) is 2.56. The third-order valence-electron chi connectivity index (χ3n) is 3.57. The molecule has 0 saturated carbocycles. The fourth-order valence-electron chi connectivity index (χ4n) is 2.27. The second kappa shape index (κ2) is 8.27. The maximum atomic E-state index is 12.2. The number of hydrogen-bond acceptors (Lipinski definition) is 3. The number of nitrogens with one attached hydrogen (secondary N) is 1. The van der Waals surface area contributed by atoms with Crippen LogP contribution in [0.3, 0.4) is 0 Å². The molecule has 0 saturated heterocycles. The quantitative estimate of drug-likeness (QED) is 0.853. The van der Waals surface area contributed by atoms with E-state index in [4.69, 9.17) is 0 Å². The van der Waals surface area contributed by atoms with Crippen LogP contribution in [0.1, 0.15) is 49.2 Å². The molecule has 1 amide bonds. The number of aromatic nitrogens is 2. The molecule has 5 nitrogen and oxygen atoms in total. The van der Waals surface area contributed by atoms with E-state index < -0.39 is 0 Å². The SMILES string of the molecule is CCCCc1ccc(NC(=O)c2ccc(=O)n(CCC)n2)cc1. The Morgan fingerprint density at radius 3 is 2.48 bits per heavy atom. The molecule has 0 aliphatic rings. The first kappa shape index (κ1) is 16.9. The molecule has 0 aliphatic carbocycles. The number of rotatable bonds is 7. The topological polar surface area (TPSA) is 64.0 Å². The van der Waals surface area contributed by atoms with E-state index in [2.05, 4.69) is 17.3 Å². The van der Waals surface area contributed by atoms with Crippen molar-refractivity contribution in [2.75, 3.05) is 5.32 Å². The fraction of sp³-hybridized carbons (Fsp3) is 0.389. The molecule has 0 fully saturated rings. The van der Waals surface area contributed by atoms with E-state index in [0.717, 1.165) is 31.4 Å². The maximum Gasteiger partial charge on any atom is 0.276 e. The van der Waals surface area contributed by atoms with Gasteiger partial charge in [-0.05, 0) is 43.0 Å². The molecule has 1 N–H and O–H groups in total. The van der Waals surface area contributed by atoms with Crippen LogP contribution in [-0.4, -0.2) is 15.7 Å². The summed E-state index contributed by atoms with van der Waals surface area (Å²) >= 11 is 0. The minimum Gasteiger partial charge on any atom is -0.321 e. The number of amides is 1. The van der Waals surface area contributed by atoms with Crippen LogP contribution in [0.2, 0.25) is 0 Å². The fourth-order valence-corrected chi connectivity index (χ4v) is 2.27. The van der Waals surface area contributed by atoms with Crippen molar-refractivity contribution >= 4 is 11.6 Å². The highest BCUT2D eigenvalue weighted by Crippen LogP contribution is 2.12. The molecule has 0 radical (unpaired) electrons. The highest BCUT2D eigenvalue weighted by Gasteiger charge is 2.10. The van der Waals surface area contributed by atoms with Gasteiger partial charge in [0.25, 0.3) is 11.5 Å². The van der Waals surface area contributed by atoms with Crippen molar-refractivity contribution in [1.29, 1.82) is 0 Å². The van der Waals surface area contributed by atoms with E-state index >= 15 is 0 Å². The predicted molar refractivity (Wildman–Crippen MR) is 91.8 cm³/mol. The van der Waals surface area contributed by atoms with E-state index in [-0.39, 0.29) is 17.2 Å². The van der Waals surface area contributed by atoms with Crippen molar-refractivity contribution in [1.82, 2.24) is 9.78 Å². The van der Waals surface area contributed by atoms with Gasteiger partial charge in [-0.3, -0.25) is 9.59 Å². The Bertz CT molecular complexity index is 705. The lowest BCUT2D eigenvalue weighted by atomic mass is 10.1. The standard InChI is InChI=1S/C18H23N3O2/c1-3-5-6-14-7-9-15(10-8-14)19-18(23)16-11-12-17(22)21(20-16)13-4-2/h7-12H,3-6,13H2,1-2H3,(H,19,23). The number of carbonyl (C=O) groups is 1. The first-order chi connectivity index (χ1) is 11.1. The number of carbonyl (C=O) groups excluding carboxylic acids is 1. The Balaban J connectivity index is 2.06. The van der Waals surface area contributed by atoms with Gasteiger partial charge in [0.2, 0.25) is 0 Å². The molecule has 0 spiro atoms. The van der Waals surface area contributed by atoms with Crippen molar-refractivity contribution in [2.24, 2.45) is 0 Å². The van der Waals surface area contributed by atoms with Gasteiger partial charge < -0.3 is 5.32 Å². The molecule has 0 bridgehead atoms. The van der Waals surface area contributed by atoms with Gasteiger partial charge in [0.05, 0.1) is 0 Å². The molecular weight excluding hydrogens is 290 g/mol. The smallest absolute Gasteiger partial charge is 0.276 e. The predicted octanol–water partition coefficient (Wildman–Crippen LogP) is 3.25. The van der Waals surface area contributed by atoms with Crippen LogP contribution in [0, 0.1) is 0 Å². The van der Waals surface area contributed by atoms with E-state index in [9.17, 15) is 9.59 Å². The molecule has 0 atom stereocenters. The summed E-state index contributed by atoms with van der Waals surface area (Å²) in [6, 6.07) is 10.7. The monoisotopic (exact) mass is 313 g/mol. The molecular formula is C18H23N3O2. The summed E-state index contributed by atoms with van der Waals surface area (Å²) in [5, 5.41) is 6.92. The number of anilines is 1. The number of aryl methyl sites for hydroxylation is 2. The minimum absolute atomic E-state index is 0.191. The van der Waals surface area contributed by atoms with Gasteiger partial charge in [-0.25, -0.2) is 4.68 Å². The normalized spacial score (nSPS) is 10.5. The molecule has 122 valence electrons. The number of benzene rings is 1. The number of nitrogens with zero attached hydrogens (tertiary/aromatic N) is 2. The molecule has 2 aromatic rings. The second-order valence-corrected chi connectivity index (χ2v) is 5.53. The van der Waals surface area contributed by atoms with Crippen molar-refractivity contribution in [3.8, 4) is 0 Å². The first-order valence-electron chi connectivity index (χ1n) is 8.12. The van der Waals surface area contributed by atoms with Gasteiger partial charge in [-0.1, -0.05) is 32.4 Å². The van der Waals surface area contributed by atoms with Crippen LogP contribution in [-0.2, 0) is 13.0 Å². The Morgan fingerprint density at radius 2 is 1.83 bits per heavy atom. The Kier molecular flexibility index (Phi) is 6.09. The molecule has 1 aromatic heterocycles. The Labute approximate surface area is 136 Å². The van der Waals surface area contributed by atoms with Crippen molar-refractivity contribution in [3.63, 3.8) is 0 Å². The summed E-state index contributed by atoms with van der Waals surface area (Å²) in [5.74, 6) is -0.309. The number of hydrogen-bond donors (Lipinski definition) is 1. The highest BCUT2D eigenvalue weighted by molar-refractivity contribution is 6.02. The maximum absolute atomic E-state index is 12.2. The van der Waals surface area contributed by atoms with Gasteiger partial charge >= 0.3 is 0 Å². The summed E-state index contributed by atoms with van der Waals surface area (Å²) in [6.07, 6.45) is 4.16. The third-order valence-corrected chi connectivity index (χ3v) is 3.57. The molecule has 1 aromatic carbocycles. The van der Waals surface area contributed by atoms with Gasteiger partial charge in [0.1, 0.15) is 5.69 Å². The highest BCUT2D eigenvalue weighted by atomic mass is 16.2. The van der Waals surface area contributed by atoms with E-state index in [0.29, 0.717) is 6.54 Å². The average molecular weight is 313 g/mol. The lowest BCUT2D eigenvalue weighted by Crippen LogP contribution is -2.26. The van der Waals surface area contributed by atoms with Gasteiger partial charge in [-0.15, -0.1) is 0 Å². The van der Waals surface area contributed by atoms with Crippen LogP contribution < -0.4 is 10.9 Å². The summed E-state index contributed by atoms with van der Waals surface area (Å²) < 4.78 is 1.32. The Hall–Kier alpha value is -2.43. The minimum atomic E-state index is -0.309. The van der Waals surface area contributed by atoms with Crippen molar-refractivity contribution < 1.29 is 4.79 Å². The molecule has 0 aliphatic heterocycles. The van der Waals surface area contributed by atoms with Crippen LogP contribution in [0.25, 0.3) is 0 Å². The van der Waals surface area contributed by atoms with Gasteiger partial charge in [0.15, 0.2) is 0 Å². The van der Waals surface area contributed by atoms with Gasteiger partial charge in [0, 0.05) is 18.3 Å². The number of unbranched alkanes of at least 4 members (excludes halogenated alkanes) is 1. The van der Waals surface area contributed by atoms with Crippen LogP contribution in [0.4, 0.5) is 5.69 Å². The van der Waals surface area contributed by atoms with E-state index in [1.54, 1.807) is 0 Å². The lowest BCUT2D eigenvalue weighted by Gasteiger charge is -2.08. The zero-order chi connectivity index (χ0) is 16.7. The zero-order valence-corrected chi connectivity index (χ0v) is 13.7. The Morgan fingerprint density at radius 1 is 1.09 bits per heavy atom. The lowest BCUT2D eigenvalue weighted by molar-refractivity contribution is 0.102. The van der Waals surface area contributed by atoms with E-state index in [1.807, 2.05) is 31.2 Å². The molecule has 1 heterocycles. The second-order valence-electron chi connectivity index (χ2n) is 5.53. The van der Waals surface area contributed by atoms with Crippen molar-refractivity contribution in [2.45, 2.75) is 46.1 Å². The molecule has 0 unspecified atom stereocenters. The van der Waals surface area contributed by atoms with Crippen LogP contribution >= 0.6 is 0 Å². The third kappa shape index (κ3) is 4.77. The van der Waals surface area contributed by atoms with Crippen LogP contribution in [0.15, 0.2) is 41.2 Å². The van der Waals surface area contributed by atoms with Crippen molar-refractivity contribution in [3.05, 3.63) is 58.0 Å².